The maximum atomic E-state index is 13.2. The quantitative estimate of drug-likeness (QED) is 0.610. The van der Waals surface area contributed by atoms with E-state index in [1.807, 2.05) is 43.3 Å². The van der Waals surface area contributed by atoms with Crippen molar-refractivity contribution in [2.24, 2.45) is 0 Å². The maximum Gasteiger partial charge on any atom is 0.335 e. The molecule has 0 atom stereocenters. The molecule has 0 unspecified atom stereocenters. The highest BCUT2D eigenvalue weighted by atomic mass is 16.7. The number of carbonyl (C=O) groups is 2. The fourth-order valence-corrected chi connectivity index (χ4v) is 4.02. The summed E-state index contributed by atoms with van der Waals surface area (Å²) >= 11 is 0. The van der Waals surface area contributed by atoms with E-state index in [0.29, 0.717) is 17.2 Å². The Bertz CT molecular complexity index is 1200. The Labute approximate surface area is 180 Å². The number of fused-ring (bicyclic) bond motifs is 1. The number of hydrogen-bond acceptors (Lipinski definition) is 4. The van der Waals surface area contributed by atoms with Crippen molar-refractivity contribution in [3.05, 3.63) is 77.4 Å². The van der Waals surface area contributed by atoms with Gasteiger partial charge < -0.3 is 19.9 Å². The number of benzene rings is 3. The minimum absolute atomic E-state index is 0. The molecule has 2 aliphatic rings. The normalized spacial score (nSPS) is 15.4. The third kappa shape index (κ3) is 3.40. The average molecular weight is 417 g/mol. The molecule has 0 spiro atoms. The summed E-state index contributed by atoms with van der Waals surface area (Å²) < 4.78 is 10.8. The lowest BCUT2D eigenvalue weighted by Crippen LogP contribution is -2.27. The fourth-order valence-electron chi connectivity index (χ4n) is 4.02. The molecule has 3 aromatic rings. The van der Waals surface area contributed by atoms with Crippen LogP contribution >= 0.6 is 0 Å². The molecule has 1 aliphatic carbocycles. The number of nitrogens with one attached hydrogen (secondary N) is 1. The Morgan fingerprint density at radius 1 is 0.968 bits per heavy atom. The summed E-state index contributed by atoms with van der Waals surface area (Å²) in [6, 6.07) is 18.2. The van der Waals surface area contributed by atoms with Gasteiger partial charge in [0, 0.05) is 7.11 Å². The lowest BCUT2D eigenvalue weighted by Gasteiger charge is -2.17. The summed E-state index contributed by atoms with van der Waals surface area (Å²) in [5.41, 5.74) is 4.22. The molecule has 1 heterocycles. The summed E-state index contributed by atoms with van der Waals surface area (Å²) in [5.74, 6) is 0.390. The lowest BCUT2D eigenvalue weighted by molar-refractivity contribution is -0.118. The summed E-state index contributed by atoms with van der Waals surface area (Å²) in [6.07, 6.45) is 1.57. The molecule has 1 amide bonds. The Balaban J connectivity index is 0.00000245. The third-order valence-electron chi connectivity index (χ3n) is 6.05. The second-order valence-electron chi connectivity index (χ2n) is 8.02. The zero-order valence-electron chi connectivity index (χ0n) is 17.0. The number of carbonyl (C=O) groups excluding carboxylic acids is 1. The van der Waals surface area contributed by atoms with Crippen LogP contribution in [0.25, 0.3) is 11.1 Å². The number of aromatic carboxylic acids is 1. The van der Waals surface area contributed by atoms with Crippen molar-refractivity contribution in [1.29, 1.82) is 0 Å². The molecule has 0 saturated heterocycles. The van der Waals surface area contributed by atoms with Crippen molar-refractivity contribution >= 4 is 17.6 Å². The first kappa shape index (κ1) is 19.2. The molecule has 1 aliphatic heterocycles. The summed E-state index contributed by atoms with van der Waals surface area (Å²) in [5, 5.41) is 12.2. The first-order chi connectivity index (χ1) is 15.0. The smallest absolute Gasteiger partial charge is 0.335 e. The van der Waals surface area contributed by atoms with Crippen molar-refractivity contribution in [2.45, 2.75) is 25.2 Å². The zero-order chi connectivity index (χ0) is 21.6. The summed E-state index contributed by atoms with van der Waals surface area (Å²) in [4.78, 5) is 24.3. The largest absolute Gasteiger partial charge is 0.478 e. The Morgan fingerprint density at radius 3 is 2.42 bits per heavy atom. The molecular formula is C25H23NO5. The molecule has 31 heavy (non-hydrogen) atoms. The number of aryl methyl sites for hydroxylation is 1. The van der Waals surface area contributed by atoms with Crippen LogP contribution in [0.1, 0.15) is 35.8 Å². The third-order valence-corrected chi connectivity index (χ3v) is 6.05. The van der Waals surface area contributed by atoms with Crippen molar-refractivity contribution in [3.8, 4) is 22.6 Å². The molecule has 5 rings (SSSR count). The van der Waals surface area contributed by atoms with E-state index < -0.39 is 11.4 Å². The SMILES string of the molecule is Cc1ccc(NC(=O)C2(c3ccc4c(c3)OCO4)CC2)cc1-c1ccc(C(=O)O)cc1.[HH]. The number of amides is 1. The number of ether oxygens (including phenoxy) is 2. The van der Waals surface area contributed by atoms with Crippen LogP contribution in [0.2, 0.25) is 0 Å². The predicted octanol–water partition coefficient (Wildman–Crippen LogP) is 5.01. The van der Waals surface area contributed by atoms with Gasteiger partial charge >= 0.3 is 5.97 Å². The Morgan fingerprint density at radius 2 is 1.71 bits per heavy atom. The van der Waals surface area contributed by atoms with Crippen molar-refractivity contribution in [2.75, 3.05) is 12.1 Å². The standard InChI is InChI=1S/C25H21NO5.H2/c1-15-2-8-19(13-20(15)16-3-5-17(6-4-16)23(27)28)26-24(29)25(10-11-25)18-7-9-21-22(12-18)31-14-30-21;/h2-9,12-13H,10-11,14H2,1H3,(H,26,29)(H,27,28);1H. The maximum absolute atomic E-state index is 13.2. The van der Waals surface area contributed by atoms with Gasteiger partial charge in [-0.05, 0) is 78.4 Å². The minimum atomic E-state index is -0.956. The molecule has 6 nitrogen and oxygen atoms in total. The Kier molecular flexibility index (Phi) is 4.43. The second kappa shape index (κ2) is 7.16. The van der Waals surface area contributed by atoms with E-state index in [9.17, 15) is 9.59 Å². The van der Waals surface area contributed by atoms with Crippen LogP contribution < -0.4 is 14.8 Å². The van der Waals surface area contributed by atoms with Gasteiger partial charge in [-0.25, -0.2) is 4.79 Å². The molecule has 0 aromatic heterocycles. The first-order valence-electron chi connectivity index (χ1n) is 10.1. The van der Waals surface area contributed by atoms with Crippen LogP contribution in [0.15, 0.2) is 60.7 Å². The number of rotatable bonds is 5. The highest BCUT2D eigenvalue weighted by molar-refractivity contribution is 6.02. The van der Waals surface area contributed by atoms with E-state index in [4.69, 9.17) is 14.6 Å². The minimum Gasteiger partial charge on any atom is -0.478 e. The second-order valence-corrected chi connectivity index (χ2v) is 8.02. The average Bonchev–Trinajstić information content (AvgIpc) is 3.46. The number of anilines is 1. The Hall–Kier alpha value is -3.80. The molecule has 158 valence electrons. The summed E-state index contributed by atoms with van der Waals surface area (Å²) in [7, 11) is 0. The fraction of sp³-hybridized carbons (Fsp3) is 0.200. The molecule has 6 heteroatoms. The van der Waals surface area contributed by atoms with Gasteiger partial charge in [-0.2, -0.15) is 0 Å². The van der Waals surface area contributed by atoms with Gasteiger partial charge in [0.15, 0.2) is 11.5 Å². The van der Waals surface area contributed by atoms with Gasteiger partial charge in [-0.3, -0.25) is 4.79 Å². The highest BCUT2D eigenvalue weighted by Crippen LogP contribution is 2.51. The van der Waals surface area contributed by atoms with Gasteiger partial charge in [-0.1, -0.05) is 24.3 Å². The molecule has 1 saturated carbocycles. The van der Waals surface area contributed by atoms with E-state index in [-0.39, 0.29) is 19.7 Å². The molecule has 2 N–H and O–H groups in total. The van der Waals surface area contributed by atoms with Crippen molar-refractivity contribution in [1.82, 2.24) is 0 Å². The molecule has 1 fully saturated rings. The van der Waals surface area contributed by atoms with E-state index in [0.717, 1.165) is 35.1 Å². The van der Waals surface area contributed by atoms with Gasteiger partial charge in [-0.15, -0.1) is 0 Å². The number of hydrogen-bond donors (Lipinski definition) is 2. The van der Waals surface area contributed by atoms with Crippen LogP contribution in [0.5, 0.6) is 11.5 Å². The van der Waals surface area contributed by atoms with E-state index in [2.05, 4.69) is 5.32 Å². The van der Waals surface area contributed by atoms with Crippen LogP contribution in [0, 0.1) is 6.92 Å². The molecule has 0 radical (unpaired) electrons. The van der Waals surface area contributed by atoms with Crippen LogP contribution in [-0.2, 0) is 10.2 Å². The van der Waals surface area contributed by atoms with E-state index in [1.54, 1.807) is 24.3 Å². The van der Waals surface area contributed by atoms with Gasteiger partial charge in [0.25, 0.3) is 0 Å². The zero-order valence-corrected chi connectivity index (χ0v) is 17.0. The topological polar surface area (TPSA) is 84.9 Å². The lowest BCUT2D eigenvalue weighted by atomic mass is 9.94. The van der Waals surface area contributed by atoms with Crippen molar-refractivity contribution < 1.29 is 25.6 Å². The first-order valence-corrected chi connectivity index (χ1v) is 10.1. The van der Waals surface area contributed by atoms with Crippen LogP contribution in [0.4, 0.5) is 5.69 Å². The van der Waals surface area contributed by atoms with Crippen LogP contribution in [-0.4, -0.2) is 23.8 Å². The highest BCUT2D eigenvalue weighted by Gasteiger charge is 2.51. The number of carboxylic acids is 1. The molecule has 3 aromatic carbocycles. The van der Waals surface area contributed by atoms with Crippen LogP contribution in [0.3, 0.4) is 0 Å². The van der Waals surface area contributed by atoms with Gasteiger partial charge in [0.05, 0.1) is 11.0 Å². The van der Waals surface area contributed by atoms with Gasteiger partial charge in [0.1, 0.15) is 0 Å². The van der Waals surface area contributed by atoms with Gasteiger partial charge in [0.2, 0.25) is 12.7 Å². The van der Waals surface area contributed by atoms with E-state index >= 15 is 0 Å². The monoisotopic (exact) mass is 417 g/mol. The summed E-state index contributed by atoms with van der Waals surface area (Å²) in [6.45, 7) is 2.19. The molecular weight excluding hydrogens is 394 g/mol. The number of carboxylic acid groups (broad SMARTS) is 1. The van der Waals surface area contributed by atoms with E-state index in [1.165, 1.54) is 0 Å². The molecule has 0 bridgehead atoms. The predicted molar refractivity (Wildman–Crippen MR) is 118 cm³/mol. The van der Waals surface area contributed by atoms with Crippen molar-refractivity contribution in [3.63, 3.8) is 0 Å².